The molecule has 0 aliphatic rings. The molecule has 106 valence electrons. The second kappa shape index (κ2) is 5.30. The predicted molar refractivity (Wildman–Crippen MR) is 80.2 cm³/mol. The van der Waals surface area contributed by atoms with Crippen molar-refractivity contribution in [1.82, 2.24) is 9.78 Å². The van der Waals surface area contributed by atoms with Crippen LogP contribution in [0.2, 0.25) is 5.02 Å². The van der Waals surface area contributed by atoms with Crippen molar-refractivity contribution in [2.24, 2.45) is 7.05 Å². The van der Waals surface area contributed by atoms with E-state index in [9.17, 15) is 9.18 Å². The van der Waals surface area contributed by atoms with Crippen molar-refractivity contribution in [3.63, 3.8) is 0 Å². The highest BCUT2D eigenvalue weighted by Gasteiger charge is 2.17. The zero-order chi connectivity index (χ0) is 15.0. The summed E-state index contributed by atoms with van der Waals surface area (Å²) < 4.78 is 15.4. The van der Waals surface area contributed by atoms with E-state index in [2.05, 4.69) is 5.10 Å². The molecule has 5 heteroatoms. The molecule has 0 N–H and O–H groups in total. The highest BCUT2D eigenvalue weighted by atomic mass is 35.5. The number of carbonyl (C=O) groups is 1. The monoisotopic (exact) mass is 302 g/mol. The first-order valence-corrected chi connectivity index (χ1v) is 6.83. The highest BCUT2D eigenvalue weighted by molar-refractivity contribution is 6.30. The van der Waals surface area contributed by atoms with Crippen molar-refractivity contribution in [1.29, 1.82) is 0 Å². The molecule has 21 heavy (non-hydrogen) atoms. The number of para-hydroxylation sites is 1. The van der Waals surface area contributed by atoms with Crippen LogP contribution in [-0.2, 0) is 13.5 Å². The van der Waals surface area contributed by atoms with Gasteiger partial charge in [0.25, 0.3) is 0 Å². The van der Waals surface area contributed by atoms with Gasteiger partial charge in [-0.15, -0.1) is 0 Å². The van der Waals surface area contributed by atoms with Gasteiger partial charge in [-0.3, -0.25) is 9.48 Å². The van der Waals surface area contributed by atoms with Crippen LogP contribution < -0.4 is 0 Å². The number of benzene rings is 2. The van der Waals surface area contributed by atoms with E-state index in [0.717, 1.165) is 10.9 Å². The Balaban J connectivity index is 2.00. The molecule has 0 amide bonds. The van der Waals surface area contributed by atoms with E-state index < -0.39 is 5.82 Å². The van der Waals surface area contributed by atoms with Crippen molar-refractivity contribution < 1.29 is 9.18 Å². The van der Waals surface area contributed by atoms with Gasteiger partial charge >= 0.3 is 0 Å². The molecule has 0 atom stereocenters. The van der Waals surface area contributed by atoms with Gasteiger partial charge in [-0.05, 0) is 29.8 Å². The van der Waals surface area contributed by atoms with Crippen LogP contribution in [-0.4, -0.2) is 15.6 Å². The maximum Gasteiger partial charge on any atom is 0.188 e. The van der Waals surface area contributed by atoms with Crippen LogP contribution in [0.4, 0.5) is 4.39 Å². The number of nitrogens with zero attached hydrogens (tertiary/aromatic N) is 2. The van der Waals surface area contributed by atoms with E-state index in [1.54, 1.807) is 11.7 Å². The molecule has 0 fully saturated rings. The highest BCUT2D eigenvalue weighted by Crippen LogP contribution is 2.21. The number of carbonyl (C=O) groups excluding carboxylic acids is 1. The summed E-state index contributed by atoms with van der Waals surface area (Å²) >= 11 is 5.85. The summed E-state index contributed by atoms with van der Waals surface area (Å²) in [5, 5.41) is 5.43. The summed E-state index contributed by atoms with van der Waals surface area (Å²) in [6.45, 7) is 0. The van der Waals surface area contributed by atoms with Crippen molar-refractivity contribution in [2.75, 3.05) is 0 Å². The molecule has 2 aromatic carbocycles. The van der Waals surface area contributed by atoms with Crippen LogP contribution in [0.3, 0.4) is 0 Å². The minimum atomic E-state index is -0.437. The topological polar surface area (TPSA) is 34.9 Å². The van der Waals surface area contributed by atoms with Gasteiger partial charge in [0.2, 0.25) is 0 Å². The molecule has 0 aliphatic heterocycles. The number of halogens is 2. The molecule has 0 bridgehead atoms. The first-order valence-electron chi connectivity index (χ1n) is 6.45. The number of aryl methyl sites for hydroxylation is 1. The van der Waals surface area contributed by atoms with Gasteiger partial charge in [0.05, 0.1) is 5.52 Å². The lowest BCUT2D eigenvalue weighted by molar-refractivity contribution is 0.0988. The molecule has 0 radical (unpaired) electrons. The number of ketones is 1. The Morgan fingerprint density at radius 3 is 2.86 bits per heavy atom. The minimum Gasteiger partial charge on any atom is -0.292 e. The third-order valence-corrected chi connectivity index (χ3v) is 3.62. The van der Waals surface area contributed by atoms with Crippen LogP contribution in [0.5, 0.6) is 0 Å². The normalized spacial score (nSPS) is 11.0. The van der Waals surface area contributed by atoms with E-state index >= 15 is 0 Å². The molecule has 3 aromatic rings. The number of rotatable bonds is 3. The van der Waals surface area contributed by atoms with Gasteiger partial charge in [0.1, 0.15) is 11.5 Å². The number of Topliss-reactive ketones (excluding diaryl/α,β-unsaturated/α-hetero) is 1. The zero-order valence-electron chi connectivity index (χ0n) is 11.3. The summed E-state index contributed by atoms with van der Waals surface area (Å²) in [6.07, 6.45) is -0.0621. The number of aromatic nitrogens is 2. The summed E-state index contributed by atoms with van der Waals surface area (Å²) in [5.74, 6) is -0.666. The number of fused-ring (bicyclic) bond motifs is 1. The fourth-order valence-electron chi connectivity index (χ4n) is 2.36. The molecule has 1 aromatic heterocycles. The van der Waals surface area contributed by atoms with E-state index in [-0.39, 0.29) is 17.8 Å². The summed E-state index contributed by atoms with van der Waals surface area (Å²) in [6, 6.07) is 11.7. The Bertz CT molecular complexity index is 841. The van der Waals surface area contributed by atoms with Crippen LogP contribution >= 0.6 is 11.6 Å². The fourth-order valence-corrected chi connectivity index (χ4v) is 2.55. The summed E-state index contributed by atoms with van der Waals surface area (Å²) in [4.78, 5) is 12.4. The van der Waals surface area contributed by atoms with E-state index in [1.165, 1.54) is 18.2 Å². The summed E-state index contributed by atoms with van der Waals surface area (Å²) in [5.41, 5.74) is 1.50. The molecule has 0 spiro atoms. The van der Waals surface area contributed by atoms with Gasteiger partial charge in [0.15, 0.2) is 5.78 Å². The van der Waals surface area contributed by atoms with E-state index in [4.69, 9.17) is 11.6 Å². The standard InChI is InChI=1S/C16H12ClFN2O/c1-20-14-5-3-2-4-12(14)16(19-20)15(21)9-10-8-11(17)6-7-13(10)18/h2-8H,9H2,1H3. The third kappa shape index (κ3) is 2.54. The Morgan fingerprint density at radius 1 is 1.29 bits per heavy atom. The van der Waals surface area contributed by atoms with Crippen LogP contribution in [0.1, 0.15) is 16.1 Å². The molecular formula is C16H12ClFN2O. The Morgan fingerprint density at radius 2 is 2.05 bits per heavy atom. The van der Waals surface area contributed by atoms with Crippen molar-refractivity contribution in [3.8, 4) is 0 Å². The molecule has 0 aliphatic carbocycles. The zero-order valence-corrected chi connectivity index (χ0v) is 12.1. The number of hydrogen-bond acceptors (Lipinski definition) is 2. The van der Waals surface area contributed by atoms with Gasteiger partial charge < -0.3 is 0 Å². The Labute approximate surface area is 126 Å². The quantitative estimate of drug-likeness (QED) is 0.690. The number of hydrogen-bond donors (Lipinski definition) is 0. The molecule has 1 heterocycles. The summed E-state index contributed by atoms with van der Waals surface area (Å²) in [7, 11) is 1.78. The Hall–Kier alpha value is -2.20. The van der Waals surface area contributed by atoms with Crippen LogP contribution in [0, 0.1) is 5.82 Å². The SMILES string of the molecule is Cn1nc(C(=O)Cc2cc(Cl)ccc2F)c2ccccc21. The average Bonchev–Trinajstić information content (AvgIpc) is 2.81. The average molecular weight is 303 g/mol. The van der Waals surface area contributed by atoms with Gasteiger partial charge in [-0.1, -0.05) is 29.8 Å². The van der Waals surface area contributed by atoms with Crippen molar-refractivity contribution in [3.05, 3.63) is 64.6 Å². The van der Waals surface area contributed by atoms with Crippen molar-refractivity contribution in [2.45, 2.75) is 6.42 Å². The maximum absolute atomic E-state index is 13.7. The van der Waals surface area contributed by atoms with E-state index in [0.29, 0.717) is 10.7 Å². The lowest BCUT2D eigenvalue weighted by Gasteiger charge is -2.02. The molecule has 3 nitrogen and oxygen atoms in total. The Kier molecular flexibility index (Phi) is 3.47. The molecule has 3 rings (SSSR count). The third-order valence-electron chi connectivity index (χ3n) is 3.38. The molecule has 0 unspecified atom stereocenters. The minimum absolute atomic E-state index is 0.0621. The second-order valence-corrected chi connectivity index (χ2v) is 5.26. The van der Waals surface area contributed by atoms with Gasteiger partial charge in [-0.2, -0.15) is 5.10 Å². The smallest absolute Gasteiger partial charge is 0.188 e. The second-order valence-electron chi connectivity index (χ2n) is 4.83. The van der Waals surface area contributed by atoms with Crippen molar-refractivity contribution >= 4 is 28.3 Å². The maximum atomic E-state index is 13.7. The molecule has 0 saturated heterocycles. The largest absolute Gasteiger partial charge is 0.292 e. The first kappa shape index (κ1) is 13.8. The van der Waals surface area contributed by atoms with E-state index in [1.807, 2.05) is 24.3 Å². The lowest BCUT2D eigenvalue weighted by atomic mass is 10.0. The van der Waals surface area contributed by atoms with Gasteiger partial charge in [-0.25, -0.2) is 4.39 Å². The first-order chi connectivity index (χ1) is 10.1. The fraction of sp³-hybridized carbons (Fsp3) is 0.125. The van der Waals surface area contributed by atoms with Crippen LogP contribution in [0.15, 0.2) is 42.5 Å². The molecular weight excluding hydrogens is 291 g/mol. The van der Waals surface area contributed by atoms with Gasteiger partial charge in [0, 0.05) is 23.9 Å². The van der Waals surface area contributed by atoms with Crippen LogP contribution in [0.25, 0.3) is 10.9 Å². The predicted octanol–water partition coefficient (Wildman–Crippen LogP) is 3.79. The molecule has 0 saturated carbocycles. The lowest BCUT2D eigenvalue weighted by Crippen LogP contribution is -2.07.